The smallest absolute Gasteiger partial charge is 0.319 e. The minimum atomic E-state index is -0.303. The highest BCUT2D eigenvalue weighted by Gasteiger charge is 2.07. The average Bonchev–Trinajstić information content (AvgIpc) is 3.04. The molecule has 0 aliphatic rings. The molecule has 1 aromatic heterocycles. The van der Waals surface area contributed by atoms with Crippen LogP contribution >= 0.6 is 22.9 Å². The Labute approximate surface area is 153 Å². The lowest BCUT2D eigenvalue weighted by Gasteiger charge is -2.07. The zero-order valence-electron chi connectivity index (χ0n) is 13.1. The number of amides is 2. The molecule has 2 aromatic carbocycles. The Hall–Kier alpha value is -2.44. The van der Waals surface area contributed by atoms with Crippen LogP contribution < -0.4 is 10.6 Å². The van der Waals surface area contributed by atoms with Gasteiger partial charge in [-0.15, -0.1) is 11.3 Å². The molecule has 0 atom stereocenters. The molecule has 0 aliphatic heterocycles. The summed E-state index contributed by atoms with van der Waals surface area (Å²) in [4.78, 5) is 16.3. The lowest BCUT2D eigenvalue weighted by molar-refractivity contribution is 0.252. The van der Waals surface area contributed by atoms with Gasteiger partial charge in [0.15, 0.2) is 0 Å². The van der Waals surface area contributed by atoms with Gasteiger partial charge in [0.1, 0.15) is 10.8 Å². The molecule has 3 rings (SSSR count). The second-order valence-electron chi connectivity index (χ2n) is 5.30. The van der Waals surface area contributed by atoms with E-state index < -0.39 is 0 Å². The SMILES string of the molecule is O=C(NCCc1csc(-c2cccc(F)c2)n1)Nc1cccc(Cl)c1. The predicted octanol–water partition coefficient (Wildman–Crippen LogP) is 4.97. The average molecular weight is 376 g/mol. The third kappa shape index (κ3) is 5.01. The number of carbonyl (C=O) groups excluding carboxylic acids is 1. The molecule has 128 valence electrons. The van der Waals surface area contributed by atoms with Gasteiger partial charge in [-0.05, 0) is 30.3 Å². The lowest BCUT2D eigenvalue weighted by Crippen LogP contribution is -2.30. The molecule has 25 heavy (non-hydrogen) atoms. The summed E-state index contributed by atoms with van der Waals surface area (Å²) in [6.07, 6.45) is 0.592. The molecule has 0 unspecified atom stereocenters. The van der Waals surface area contributed by atoms with E-state index >= 15 is 0 Å². The number of nitrogens with one attached hydrogen (secondary N) is 2. The quantitative estimate of drug-likeness (QED) is 0.661. The predicted molar refractivity (Wildman–Crippen MR) is 99.7 cm³/mol. The third-order valence-corrected chi connectivity index (χ3v) is 4.55. The van der Waals surface area contributed by atoms with E-state index in [2.05, 4.69) is 15.6 Å². The fourth-order valence-electron chi connectivity index (χ4n) is 2.22. The molecule has 0 spiro atoms. The van der Waals surface area contributed by atoms with Crippen molar-refractivity contribution in [2.75, 3.05) is 11.9 Å². The Kier molecular flexibility index (Phi) is 5.63. The van der Waals surface area contributed by atoms with Crippen molar-refractivity contribution in [2.45, 2.75) is 6.42 Å². The van der Waals surface area contributed by atoms with Gasteiger partial charge in [0.25, 0.3) is 0 Å². The summed E-state index contributed by atoms with van der Waals surface area (Å²) in [5, 5.41) is 8.72. The molecule has 7 heteroatoms. The van der Waals surface area contributed by atoms with Gasteiger partial charge in [-0.3, -0.25) is 0 Å². The summed E-state index contributed by atoms with van der Waals surface area (Å²) >= 11 is 7.33. The van der Waals surface area contributed by atoms with Crippen LogP contribution in [0.1, 0.15) is 5.69 Å². The number of aromatic nitrogens is 1. The highest BCUT2D eigenvalue weighted by molar-refractivity contribution is 7.13. The number of hydrogen-bond acceptors (Lipinski definition) is 3. The number of hydrogen-bond donors (Lipinski definition) is 2. The topological polar surface area (TPSA) is 54.0 Å². The van der Waals surface area contributed by atoms with Crippen molar-refractivity contribution in [1.29, 1.82) is 0 Å². The van der Waals surface area contributed by atoms with Crippen molar-refractivity contribution in [3.63, 3.8) is 0 Å². The fourth-order valence-corrected chi connectivity index (χ4v) is 3.26. The minimum absolute atomic E-state index is 0.284. The van der Waals surface area contributed by atoms with Gasteiger partial charge in [0.05, 0.1) is 5.69 Å². The van der Waals surface area contributed by atoms with E-state index in [0.717, 1.165) is 16.3 Å². The standard InChI is InChI=1S/C18H15ClFN3OS/c19-13-4-2-6-15(10-13)23-18(24)21-8-7-16-11-25-17(22-16)12-3-1-5-14(20)9-12/h1-6,9-11H,7-8H2,(H2,21,23,24). The van der Waals surface area contributed by atoms with Crippen molar-refractivity contribution in [3.8, 4) is 10.6 Å². The van der Waals surface area contributed by atoms with E-state index in [-0.39, 0.29) is 11.8 Å². The molecule has 0 saturated carbocycles. The van der Waals surface area contributed by atoms with E-state index in [4.69, 9.17) is 11.6 Å². The second-order valence-corrected chi connectivity index (χ2v) is 6.59. The first-order chi connectivity index (χ1) is 12.1. The monoisotopic (exact) mass is 375 g/mol. The number of rotatable bonds is 5. The van der Waals surface area contributed by atoms with Crippen LogP contribution in [0.2, 0.25) is 5.02 Å². The van der Waals surface area contributed by atoms with Crippen molar-refractivity contribution >= 4 is 34.7 Å². The maximum atomic E-state index is 13.3. The highest BCUT2D eigenvalue weighted by atomic mass is 35.5. The van der Waals surface area contributed by atoms with E-state index in [0.29, 0.717) is 23.7 Å². The Morgan fingerprint density at radius 2 is 2.04 bits per heavy atom. The van der Waals surface area contributed by atoms with Gasteiger partial charge in [-0.25, -0.2) is 14.2 Å². The Morgan fingerprint density at radius 3 is 2.84 bits per heavy atom. The molecular formula is C18H15ClFN3OS. The number of halogens is 2. The van der Waals surface area contributed by atoms with Gasteiger partial charge in [-0.2, -0.15) is 0 Å². The van der Waals surface area contributed by atoms with Crippen LogP contribution in [0.15, 0.2) is 53.9 Å². The van der Waals surface area contributed by atoms with E-state index in [1.54, 1.807) is 30.3 Å². The number of benzene rings is 2. The molecule has 0 fully saturated rings. The summed E-state index contributed by atoms with van der Waals surface area (Å²) < 4.78 is 13.3. The molecular weight excluding hydrogens is 361 g/mol. The van der Waals surface area contributed by atoms with Crippen molar-refractivity contribution in [3.05, 3.63) is 70.4 Å². The van der Waals surface area contributed by atoms with Crippen LogP contribution in [0.3, 0.4) is 0 Å². The Morgan fingerprint density at radius 1 is 1.20 bits per heavy atom. The largest absolute Gasteiger partial charge is 0.337 e. The minimum Gasteiger partial charge on any atom is -0.337 e. The Bertz CT molecular complexity index is 884. The third-order valence-electron chi connectivity index (χ3n) is 3.37. The highest BCUT2D eigenvalue weighted by Crippen LogP contribution is 2.24. The maximum absolute atomic E-state index is 13.3. The van der Waals surface area contributed by atoms with Gasteiger partial charge in [0.2, 0.25) is 0 Å². The molecule has 2 amide bonds. The van der Waals surface area contributed by atoms with Gasteiger partial charge in [0, 0.05) is 34.6 Å². The first-order valence-electron chi connectivity index (χ1n) is 7.61. The summed E-state index contributed by atoms with van der Waals surface area (Å²) in [6, 6.07) is 13.0. The fraction of sp³-hybridized carbons (Fsp3) is 0.111. The first-order valence-corrected chi connectivity index (χ1v) is 8.87. The molecule has 0 bridgehead atoms. The van der Waals surface area contributed by atoms with Crippen LogP contribution in [-0.4, -0.2) is 17.6 Å². The molecule has 4 nitrogen and oxygen atoms in total. The van der Waals surface area contributed by atoms with Crippen LogP contribution in [0, 0.1) is 5.82 Å². The zero-order valence-corrected chi connectivity index (χ0v) is 14.7. The number of anilines is 1. The Balaban J connectivity index is 1.50. The van der Waals surface area contributed by atoms with Crippen LogP contribution in [-0.2, 0) is 6.42 Å². The van der Waals surface area contributed by atoms with E-state index in [9.17, 15) is 9.18 Å². The number of thiazole rings is 1. The maximum Gasteiger partial charge on any atom is 0.319 e. The molecule has 0 saturated heterocycles. The molecule has 3 aromatic rings. The lowest BCUT2D eigenvalue weighted by atomic mass is 10.2. The van der Waals surface area contributed by atoms with Crippen LogP contribution in [0.4, 0.5) is 14.9 Å². The molecule has 0 aliphatic carbocycles. The van der Waals surface area contributed by atoms with Crippen molar-refractivity contribution in [2.24, 2.45) is 0 Å². The number of nitrogens with zero attached hydrogens (tertiary/aromatic N) is 1. The second kappa shape index (κ2) is 8.09. The summed E-state index contributed by atoms with van der Waals surface area (Å²) in [6.45, 7) is 0.443. The van der Waals surface area contributed by atoms with Gasteiger partial charge < -0.3 is 10.6 Å². The molecule has 0 radical (unpaired) electrons. The number of carbonyl (C=O) groups is 1. The van der Waals surface area contributed by atoms with E-state index in [1.807, 2.05) is 11.4 Å². The van der Waals surface area contributed by atoms with Gasteiger partial charge >= 0.3 is 6.03 Å². The normalized spacial score (nSPS) is 10.5. The zero-order chi connectivity index (χ0) is 17.6. The molecule has 1 heterocycles. The van der Waals surface area contributed by atoms with E-state index in [1.165, 1.54) is 23.5 Å². The summed E-state index contributed by atoms with van der Waals surface area (Å²) in [7, 11) is 0. The summed E-state index contributed by atoms with van der Waals surface area (Å²) in [5.74, 6) is -0.284. The number of urea groups is 1. The summed E-state index contributed by atoms with van der Waals surface area (Å²) in [5.41, 5.74) is 2.24. The van der Waals surface area contributed by atoms with Crippen molar-refractivity contribution < 1.29 is 9.18 Å². The van der Waals surface area contributed by atoms with Crippen LogP contribution in [0.25, 0.3) is 10.6 Å². The van der Waals surface area contributed by atoms with Crippen molar-refractivity contribution in [1.82, 2.24) is 10.3 Å². The molecule has 2 N–H and O–H groups in total. The van der Waals surface area contributed by atoms with Gasteiger partial charge in [-0.1, -0.05) is 29.8 Å². The first kappa shape index (κ1) is 17.4. The van der Waals surface area contributed by atoms with Crippen LogP contribution in [0.5, 0.6) is 0 Å².